The quantitative estimate of drug-likeness (QED) is 0.741. The fourth-order valence-electron chi connectivity index (χ4n) is 3.66. The maximum absolute atomic E-state index is 12.9. The van der Waals surface area contributed by atoms with Crippen molar-refractivity contribution in [3.05, 3.63) is 18.5 Å². The highest BCUT2D eigenvalue weighted by molar-refractivity contribution is 5.85. The van der Waals surface area contributed by atoms with E-state index in [1.807, 2.05) is 17.2 Å². The first-order chi connectivity index (χ1) is 12.0. The Hall–Kier alpha value is -1.93. The topological polar surface area (TPSA) is 70.9 Å². The maximum atomic E-state index is 12.9. The Labute approximate surface area is 148 Å². The minimum atomic E-state index is -0.692. The van der Waals surface area contributed by atoms with Gasteiger partial charge in [0.05, 0.1) is 19.8 Å². The Morgan fingerprint density at radius 2 is 1.84 bits per heavy atom. The third kappa shape index (κ3) is 3.69. The summed E-state index contributed by atoms with van der Waals surface area (Å²) in [5.41, 5.74) is -0.692. The van der Waals surface area contributed by atoms with Crippen molar-refractivity contribution in [2.24, 2.45) is 0 Å². The summed E-state index contributed by atoms with van der Waals surface area (Å²) in [7, 11) is 3.53. The van der Waals surface area contributed by atoms with Crippen LogP contribution in [0.15, 0.2) is 18.5 Å². The van der Waals surface area contributed by atoms with Crippen molar-refractivity contribution in [2.75, 3.05) is 60.0 Å². The van der Waals surface area contributed by atoms with E-state index in [4.69, 9.17) is 4.74 Å². The lowest BCUT2D eigenvalue weighted by Crippen LogP contribution is -2.57. The van der Waals surface area contributed by atoms with Crippen LogP contribution in [-0.2, 0) is 19.9 Å². The van der Waals surface area contributed by atoms with Gasteiger partial charge in [0.25, 0.3) is 0 Å². The molecule has 0 saturated carbocycles. The van der Waals surface area contributed by atoms with Crippen LogP contribution in [0.1, 0.15) is 12.8 Å². The fourth-order valence-corrected chi connectivity index (χ4v) is 3.66. The van der Waals surface area contributed by atoms with E-state index < -0.39 is 5.54 Å². The minimum absolute atomic E-state index is 0.0384. The SMILES string of the molecule is CN(C)C(=O)C1(n2cccn2)CCN(C(=O)CN2CCOCC2)CC1. The molecule has 0 bridgehead atoms. The van der Waals surface area contributed by atoms with Crippen LogP contribution >= 0.6 is 0 Å². The predicted octanol–water partition coefficient (Wildman–Crippen LogP) is -0.379. The molecule has 0 radical (unpaired) electrons. The average Bonchev–Trinajstić information content (AvgIpc) is 3.17. The number of rotatable bonds is 4. The Morgan fingerprint density at radius 3 is 2.40 bits per heavy atom. The minimum Gasteiger partial charge on any atom is -0.379 e. The number of hydrogen-bond donors (Lipinski definition) is 0. The van der Waals surface area contributed by atoms with Crippen molar-refractivity contribution in [3.63, 3.8) is 0 Å². The first-order valence-electron chi connectivity index (χ1n) is 8.83. The highest BCUT2D eigenvalue weighted by Gasteiger charge is 2.45. The maximum Gasteiger partial charge on any atom is 0.250 e. The van der Waals surface area contributed by atoms with Crippen LogP contribution < -0.4 is 0 Å². The summed E-state index contributed by atoms with van der Waals surface area (Å²) in [6.45, 7) is 4.55. The van der Waals surface area contributed by atoms with E-state index in [9.17, 15) is 9.59 Å². The molecule has 0 N–H and O–H groups in total. The molecule has 2 aliphatic heterocycles. The lowest BCUT2D eigenvalue weighted by molar-refractivity contribution is -0.146. The van der Waals surface area contributed by atoms with Gasteiger partial charge in [-0.25, -0.2) is 0 Å². The average molecular weight is 349 g/mol. The summed E-state index contributed by atoms with van der Waals surface area (Å²) in [6, 6.07) is 1.83. The summed E-state index contributed by atoms with van der Waals surface area (Å²) < 4.78 is 7.09. The molecule has 0 aromatic carbocycles. The van der Waals surface area contributed by atoms with E-state index in [1.165, 1.54) is 0 Å². The molecule has 2 saturated heterocycles. The van der Waals surface area contributed by atoms with Gasteiger partial charge in [-0.1, -0.05) is 0 Å². The summed E-state index contributed by atoms with van der Waals surface area (Å²) >= 11 is 0. The van der Waals surface area contributed by atoms with Gasteiger partial charge in [0.2, 0.25) is 11.8 Å². The van der Waals surface area contributed by atoms with Crippen molar-refractivity contribution >= 4 is 11.8 Å². The molecule has 138 valence electrons. The Balaban J connectivity index is 1.65. The summed E-state index contributed by atoms with van der Waals surface area (Å²) in [5, 5.41) is 4.32. The Kier molecular flexibility index (Phi) is 5.39. The number of carbonyl (C=O) groups excluding carboxylic acids is 2. The molecule has 0 spiro atoms. The molecule has 1 aromatic heterocycles. The van der Waals surface area contributed by atoms with Crippen LogP contribution in [0.4, 0.5) is 0 Å². The van der Waals surface area contributed by atoms with Gasteiger partial charge in [-0.05, 0) is 18.9 Å². The van der Waals surface area contributed by atoms with E-state index in [0.29, 0.717) is 45.7 Å². The van der Waals surface area contributed by atoms with Gasteiger partial charge in [-0.15, -0.1) is 0 Å². The van der Waals surface area contributed by atoms with Crippen molar-refractivity contribution in [1.29, 1.82) is 0 Å². The standard InChI is InChI=1S/C17H27N5O3/c1-19(2)16(24)17(22-7-3-6-18-22)4-8-21(9-5-17)15(23)14-20-10-12-25-13-11-20/h3,6-7H,4-5,8-14H2,1-2H3. The molecule has 2 aliphatic rings. The molecule has 0 aliphatic carbocycles. The van der Waals surface area contributed by atoms with Crippen molar-refractivity contribution in [1.82, 2.24) is 24.5 Å². The number of ether oxygens (including phenoxy) is 1. The van der Waals surface area contributed by atoms with E-state index in [-0.39, 0.29) is 11.8 Å². The van der Waals surface area contributed by atoms with Gasteiger partial charge < -0.3 is 14.5 Å². The number of aromatic nitrogens is 2. The second-order valence-corrected chi connectivity index (χ2v) is 6.95. The van der Waals surface area contributed by atoms with Crippen molar-refractivity contribution in [3.8, 4) is 0 Å². The van der Waals surface area contributed by atoms with Gasteiger partial charge in [0.15, 0.2) is 0 Å². The highest BCUT2D eigenvalue weighted by Crippen LogP contribution is 2.31. The van der Waals surface area contributed by atoms with Crippen LogP contribution in [0.3, 0.4) is 0 Å². The molecule has 0 atom stereocenters. The van der Waals surface area contributed by atoms with Crippen LogP contribution in [0.5, 0.6) is 0 Å². The zero-order valence-electron chi connectivity index (χ0n) is 15.1. The first-order valence-corrected chi connectivity index (χ1v) is 8.83. The van der Waals surface area contributed by atoms with Gasteiger partial charge in [-0.3, -0.25) is 19.2 Å². The lowest BCUT2D eigenvalue weighted by Gasteiger charge is -2.42. The lowest BCUT2D eigenvalue weighted by atomic mass is 9.86. The van der Waals surface area contributed by atoms with Crippen LogP contribution in [0.25, 0.3) is 0 Å². The first kappa shape index (κ1) is 17.9. The molecule has 2 fully saturated rings. The molecule has 0 unspecified atom stereocenters. The monoisotopic (exact) mass is 349 g/mol. The molecule has 8 nitrogen and oxygen atoms in total. The Bertz CT molecular complexity index is 587. The number of hydrogen-bond acceptors (Lipinski definition) is 5. The fraction of sp³-hybridized carbons (Fsp3) is 0.706. The predicted molar refractivity (Wildman–Crippen MR) is 92.0 cm³/mol. The smallest absolute Gasteiger partial charge is 0.250 e. The van der Waals surface area contributed by atoms with Crippen LogP contribution in [0, 0.1) is 0 Å². The van der Waals surface area contributed by atoms with E-state index in [0.717, 1.165) is 13.1 Å². The number of carbonyl (C=O) groups is 2. The third-order valence-electron chi connectivity index (χ3n) is 5.15. The van der Waals surface area contributed by atoms with Gasteiger partial charge in [-0.2, -0.15) is 5.10 Å². The van der Waals surface area contributed by atoms with Gasteiger partial charge >= 0.3 is 0 Å². The van der Waals surface area contributed by atoms with E-state index in [1.54, 1.807) is 29.9 Å². The number of nitrogens with zero attached hydrogens (tertiary/aromatic N) is 5. The zero-order valence-corrected chi connectivity index (χ0v) is 15.1. The number of amides is 2. The number of piperidine rings is 1. The molecule has 2 amide bonds. The summed E-state index contributed by atoms with van der Waals surface area (Å²) in [6.07, 6.45) is 4.70. The summed E-state index contributed by atoms with van der Waals surface area (Å²) in [4.78, 5) is 31.1. The largest absolute Gasteiger partial charge is 0.379 e. The van der Waals surface area contributed by atoms with E-state index >= 15 is 0 Å². The normalized spacial score (nSPS) is 21.1. The molecule has 3 rings (SSSR count). The van der Waals surface area contributed by atoms with Crippen molar-refractivity contribution in [2.45, 2.75) is 18.4 Å². The van der Waals surface area contributed by atoms with Gasteiger partial charge in [0.1, 0.15) is 5.54 Å². The number of likely N-dealkylation sites (N-methyl/N-ethyl adjacent to an activating group) is 1. The van der Waals surface area contributed by atoms with Crippen LogP contribution in [0.2, 0.25) is 0 Å². The molecule has 25 heavy (non-hydrogen) atoms. The van der Waals surface area contributed by atoms with Crippen LogP contribution in [-0.4, -0.2) is 96.3 Å². The Morgan fingerprint density at radius 1 is 1.16 bits per heavy atom. The highest BCUT2D eigenvalue weighted by atomic mass is 16.5. The van der Waals surface area contributed by atoms with Crippen molar-refractivity contribution < 1.29 is 14.3 Å². The molecular weight excluding hydrogens is 322 g/mol. The molecule has 1 aromatic rings. The zero-order chi connectivity index (χ0) is 17.9. The molecule has 3 heterocycles. The molecule has 8 heteroatoms. The number of morpholine rings is 1. The number of likely N-dealkylation sites (tertiary alicyclic amines) is 1. The second kappa shape index (κ2) is 7.53. The molecular formula is C17H27N5O3. The summed E-state index contributed by atoms with van der Waals surface area (Å²) in [5.74, 6) is 0.171. The second-order valence-electron chi connectivity index (χ2n) is 6.95. The van der Waals surface area contributed by atoms with Gasteiger partial charge in [0, 0.05) is 52.7 Å². The van der Waals surface area contributed by atoms with E-state index in [2.05, 4.69) is 10.00 Å². The third-order valence-corrected chi connectivity index (χ3v) is 5.15.